The van der Waals surface area contributed by atoms with Gasteiger partial charge in [-0.25, -0.2) is 0 Å². The number of nitrogens with one attached hydrogen (secondary N) is 1. The first kappa shape index (κ1) is 15.3. The maximum Gasteiger partial charge on any atom is 0.234 e. The van der Waals surface area contributed by atoms with Gasteiger partial charge in [0, 0.05) is 24.3 Å². The maximum atomic E-state index is 11.5. The zero-order valence-corrected chi connectivity index (χ0v) is 11.8. The smallest absolute Gasteiger partial charge is 0.234 e. The van der Waals surface area contributed by atoms with Gasteiger partial charge in [0.2, 0.25) is 5.91 Å². The highest BCUT2D eigenvalue weighted by Gasteiger charge is 2.07. The Kier molecular flexibility index (Phi) is 6.15. The number of hydrogen-bond acceptors (Lipinski definition) is 4. The second-order valence-corrected chi connectivity index (χ2v) is 4.88. The van der Waals surface area contributed by atoms with Crippen molar-refractivity contribution in [3.63, 3.8) is 0 Å². The molecule has 0 spiro atoms. The lowest BCUT2D eigenvalue weighted by molar-refractivity contribution is -0.122. The van der Waals surface area contributed by atoms with Crippen molar-refractivity contribution in [1.82, 2.24) is 10.2 Å². The average molecular weight is 265 g/mol. The minimum absolute atomic E-state index is 0.0291. The van der Waals surface area contributed by atoms with E-state index in [0.29, 0.717) is 25.4 Å². The van der Waals surface area contributed by atoms with E-state index in [1.54, 1.807) is 6.07 Å². The fraction of sp³-hybridized carbons (Fsp3) is 0.500. The van der Waals surface area contributed by atoms with E-state index >= 15 is 0 Å². The number of likely N-dealkylation sites (N-methyl/N-ethyl adjacent to an activating group) is 1. The second kappa shape index (κ2) is 7.63. The molecule has 0 heterocycles. The number of nitrogens with two attached hydrogens (primary N) is 1. The lowest BCUT2D eigenvalue weighted by Gasteiger charge is -2.17. The van der Waals surface area contributed by atoms with Gasteiger partial charge < -0.3 is 15.8 Å². The second-order valence-electron chi connectivity index (χ2n) is 4.88. The number of carbonyl (C=O) groups is 1. The number of benzene rings is 1. The molecule has 1 aromatic carbocycles. The molecule has 0 atom stereocenters. The summed E-state index contributed by atoms with van der Waals surface area (Å²) in [5.41, 5.74) is 6.34. The summed E-state index contributed by atoms with van der Waals surface area (Å²) < 4.78 is 5.57. The molecule has 0 saturated carbocycles. The molecule has 0 radical (unpaired) electrons. The van der Waals surface area contributed by atoms with Crippen molar-refractivity contribution in [2.45, 2.75) is 19.9 Å². The molecule has 1 aromatic rings. The van der Waals surface area contributed by atoms with Crippen molar-refractivity contribution in [2.24, 2.45) is 0 Å². The first-order valence-electron chi connectivity index (χ1n) is 6.43. The predicted octanol–water partition coefficient (Wildman–Crippen LogP) is 1.10. The predicted molar refractivity (Wildman–Crippen MR) is 77.1 cm³/mol. The van der Waals surface area contributed by atoms with Gasteiger partial charge in [0.1, 0.15) is 12.4 Å². The van der Waals surface area contributed by atoms with E-state index < -0.39 is 0 Å². The molecule has 3 N–H and O–H groups in total. The summed E-state index contributed by atoms with van der Waals surface area (Å²) in [6.07, 6.45) is 0. The molecule has 0 unspecified atom stereocenters. The molecular weight excluding hydrogens is 242 g/mol. The molecule has 1 amide bonds. The monoisotopic (exact) mass is 265 g/mol. The summed E-state index contributed by atoms with van der Waals surface area (Å²) in [5.74, 6) is 0.779. The molecule has 0 aliphatic heterocycles. The summed E-state index contributed by atoms with van der Waals surface area (Å²) in [6.45, 7) is 5.47. The van der Waals surface area contributed by atoms with Crippen molar-refractivity contribution in [3.05, 3.63) is 24.3 Å². The summed E-state index contributed by atoms with van der Waals surface area (Å²) in [5, 5.41) is 2.85. The van der Waals surface area contributed by atoms with Gasteiger partial charge in [-0.15, -0.1) is 0 Å². The van der Waals surface area contributed by atoms with E-state index in [1.165, 1.54) is 0 Å². The number of nitrogens with zero attached hydrogens (tertiary/aromatic N) is 1. The van der Waals surface area contributed by atoms with Crippen molar-refractivity contribution in [1.29, 1.82) is 0 Å². The van der Waals surface area contributed by atoms with Gasteiger partial charge in [0.15, 0.2) is 0 Å². The third kappa shape index (κ3) is 6.67. The molecule has 19 heavy (non-hydrogen) atoms. The Hall–Kier alpha value is -1.75. The minimum atomic E-state index is 0.0291. The van der Waals surface area contributed by atoms with Gasteiger partial charge in [0.25, 0.3) is 0 Å². The fourth-order valence-electron chi connectivity index (χ4n) is 1.62. The van der Waals surface area contributed by atoms with Crippen LogP contribution in [0.5, 0.6) is 5.75 Å². The van der Waals surface area contributed by atoms with Crippen LogP contribution in [0.4, 0.5) is 5.69 Å². The van der Waals surface area contributed by atoms with Crippen LogP contribution in [0.25, 0.3) is 0 Å². The Balaban J connectivity index is 2.23. The standard InChI is InChI=1S/C14H23N3O2/c1-11(2)16-14(18)10-17(3)7-8-19-13-6-4-5-12(15)9-13/h4-6,9,11H,7-8,10,15H2,1-3H3,(H,16,18). The molecule has 0 fully saturated rings. The zero-order valence-electron chi connectivity index (χ0n) is 11.8. The summed E-state index contributed by atoms with van der Waals surface area (Å²) in [7, 11) is 1.89. The average Bonchev–Trinajstić information content (AvgIpc) is 2.27. The lowest BCUT2D eigenvalue weighted by Crippen LogP contribution is -2.39. The van der Waals surface area contributed by atoms with Gasteiger partial charge in [-0.2, -0.15) is 0 Å². The van der Waals surface area contributed by atoms with Crippen molar-refractivity contribution in [2.75, 3.05) is 32.5 Å². The van der Waals surface area contributed by atoms with E-state index in [-0.39, 0.29) is 11.9 Å². The van der Waals surface area contributed by atoms with Crippen LogP contribution < -0.4 is 15.8 Å². The number of hydrogen-bond donors (Lipinski definition) is 2. The molecule has 0 aliphatic carbocycles. The molecule has 5 nitrogen and oxygen atoms in total. The van der Waals surface area contributed by atoms with Crippen LogP contribution in [0, 0.1) is 0 Å². The molecule has 0 bridgehead atoms. The van der Waals surface area contributed by atoms with Crippen LogP contribution in [0.15, 0.2) is 24.3 Å². The normalized spacial score (nSPS) is 10.8. The topological polar surface area (TPSA) is 67.6 Å². The molecule has 1 rings (SSSR count). The Morgan fingerprint density at radius 2 is 2.21 bits per heavy atom. The molecule has 5 heteroatoms. The SMILES string of the molecule is CC(C)NC(=O)CN(C)CCOc1cccc(N)c1. The lowest BCUT2D eigenvalue weighted by atomic mass is 10.3. The molecule has 0 saturated heterocycles. The number of amides is 1. The zero-order chi connectivity index (χ0) is 14.3. The van der Waals surface area contributed by atoms with Crippen molar-refractivity contribution >= 4 is 11.6 Å². The highest BCUT2D eigenvalue weighted by atomic mass is 16.5. The largest absolute Gasteiger partial charge is 0.492 e. The van der Waals surface area contributed by atoms with Crippen LogP contribution >= 0.6 is 0 Å². The highest BCUT2D eigenvalue weighted by Crippen LogP contribution is 2.13. The Morgan fingerprint density at radius 3 is 2.84 bits per heavy atom. The van der Waals surface area contributed by atoms with Gasteiger partial charge >= 0.3 is 0 Å². The molecular formula is C14H23N3O2. The van der Waals surface area contributed by atoms with Gasteiger partial charge in [-0.3, -0.25) is 9.69 Å². The van der Waals surface area contributed by atoms with Gasteiger partial charge in [-0.05, 0) is 33.0 Å². The summed E-state index contributed by atoms with van der Waals surface area (Å²) in [6, 6.07) is 7.48. The van der Waals surface area contributed by atoms with E-state index in [4.69, 9.17) is 10.5 Å². The van der Waals surface area contributed by atoms with Crippen LogP contribution in [-0.4, -0.2) is 43.6 Å². The first-order chi connectivity index (χ1) is 8.97. The number of carbonyl (C=O) groups excluding carboxylic acids is 1. The minimum Gasteiger partial charge on any atom is -0.492 e. The third-order valence-corrected chi connectivity index (χ3v) is 2.46. The Bertz CT molecular complexity index is 407. The number of ether oxygens (including phenoxy) is 1. The third-order valence-electron chi connectivity index (χ3n) is 2.46. The van der Waals surface area contributed by atoms with Crippen LogP contribution in [0.1, 0.15) is 13.8 Å². The number of nitrogen functional groups attached to an aromatic ring is 1. The van der Waals surface area contributed by atoms with E-state index in [1.807, 2.05) is 44.0 Å². The van der Waals surface area contributed by atoms with Crippen molar-refractivity contribution in [3.8, 4) is 5.75 Å². The molecule has 0 aromatic heterocycles. The first-order valence-corrected chi connectivity index (χ1v) is 6.43. The van der Waals surface area contributed by atoms with Crippen LogP contribution in [0.3, 0.4) is 0 Å². The van der Waals surface area contributed by atoms with Gasteiger partial charge in [-0.1, -0.05) is 6.07 Å². The molecule has 106 valence electrons. The fourth-order valence-corrected chi connectivity index (χ4v) is 1.62. The number of anilines is 1. The van der Waals surface area contributed by atoms with Crippen molar-refractivity contribution < 1.29 is 9.53 Å². The number of rotatable bonds is 7. The highest BCUT2D eigenvalue weighted by molar-refractivity contribution is 5.78. The van der Waals surface area contributed by atoms with Crippen LogP contribution in [0.2, 0.25) is 0 Å². The van der Waals surface area contributed by atoms with Gasteiger partial charge in [0.05, 0.1) is 6.54 Å². The summed E-state index contributed by atoms with van der Waals surface area (Å²) >= 11 is 0. The van der Waals surface area contributed by atoms with E-state index in [2.05, 4.69) is 5.32 Å². The quantitative estimate of drug-likeness (QED) is 0.725. The Morgan fingerprint density at radius 1 is 1.47 bits per heavy atom. The summed E-state index contributed by atoms with van der Waals surface area (Å²) in [4.78, 5) is 13.5. The Labute approximate surface area is 114 Å². The molecule has 0 aliphatic rings. The van der Waals surface area contributed by atoms with E-state index in [0.717, 1.165) is 5.75 Å². The van der Waals surface area contributed by atoms with Crippen LogP contribution in [-0.2, 0) is 4.79 Å². The van der Waals surface area contributed by atoms with E-state index in [9.17, 15) is 4.79 Å². The maximum absolute atomic E-state index is 11.5.